The van der Waals surface area contributed by atoms with E-state index >= 15 is 0 Å². The molecule has 8 nitrogen and oxygen atoms in total. The quantitative estimate of drug-likeness (QED) is 0.361. The largest absolute Gasteiger partial charge is 0.305 e. The molecule has 0 N–H and O–H groups in total. The van der Waals surface area contributed by atoms with Gasteiger partial charge in [-0.3, -0.25) is 0 Å². The summed E-state index contributed by atoms with van der Waals surface area (Å²) >= 11 is 0. The third-order valence-corrected chi connectivity index (χ3v) is 4.65. The molecular weight excluding hydrogens is 328 g/mol. The Hall–Kier alpha value is -3.14. The number of hydrogen-bond donors (Lipinski definition) is 0. The summed E-state index contributed by atoms with van der Waals surface area (Å²) in [6, 6.07) is 12.7. The molecule has 0 aliphatic carbocycles. The smallest absolute Gasteiger partial charge is 0.166 e. The van der Waals surface area contributed by atoms with E-state index in [9.17, 15) is 10.5 Å². The summed E-state index contributed by atoms with van der Waals surface area (Å²) in [7, 11) is 0. The molecule has 8 heteroatoms. The Balaban J connectivity index is 5.51. The maximum atomic E-state index is 9.24. The van der Waals surface area contributed by atoms with E-state index in [-0.39, 0.29) is 38.8 Å². The molecule has 0 heterocycles. The zero-order chi connectivity index (χ0) is 19.7. The molecule has 0 aromatic carbocycles. The minimum atomic E-state index is 0.187. The highest BCUT2D eigenvalue weighted by Crippen LogP contribution is 2.16. The number of nitrogens with zero attached hydrogens (tertiary/aromatic N) is 8. The fraction of sp³-hybridized carbons (Fsp3) is 0.667. The van der Waals surface area contributed by atoms with Crippen LogP contribution >= 0.6 is 0 Å². The van der Waals surface area contributed by atoms with E-state index in [1.54, 1.807) is 0 Å². The van der Waals surface area contributed by atoms with Gasteiger partial charge in [0.05, 0.1) is 76.1 Å². The fourth-order valence-corrected chi connectivity index (χ4v) is 3.02. The van der Waals surface area contributed by atoms with Crippen LogP contribution in [0.2, 0.25) is 0 Å². The first-order chi connectivity index (χ1) is 12.6. The van der Waals surface area contributed by atoms with Gasteiger partial charge < -0.3 is 8.97 Å². The van der Waals surface area contributed by atoms with Crippen LogP contribution in [0.3, 0.4) is 0 Å². The number of quaternary nitrogens is 2. The van der Waals surface area contributed by atoms with Crippen LogP contribution in [0.1, 0.15) is 25.7 Å². The number of nitriles is 6. The maximum absolute atomic E-state index is 9.24. The van der Waals surface area contributed by atoms with E-state index in [4.69, 9.17) is 21.0 Å². The average Bonchev–Trinajstić information content (AvgIpc) is 2.66. The highest BCUT2D eigenvalue weighted by molar-refractivity contribution is 4.78. The van der Waals surface area contributed by atoms with Crippen molar-refractivity contribution in [2.24, 2.45) is 0 Å². The predicted octanol–water partition coefficient (Wildman–Crippen LogP) is 1.32. The topological polar surface area (TPSA) is 143 Å². The van der Waals surface area contributed by atoms with E-state index in [0.717, 1.165) is 0 Å². The van der Waals surface area contributed by atoms with Crippen LogP contribution in [-0.4, -0.2) is 61.3 Å². The van der Waals surface area contributed by atoms with E-state index in [0.29, 0.717) is 48.2 Å². The Bertz CT molecular complexity index is 575. The van der Waals surface area contributed by atoms with Gasteiger partial charge in [0.25, 0.3) is 0 Å². The van der Waals surface area contributed by atoms with Gasteiger partial charge >= 0.3 is 0 Å². The standard InChI is InChI=1S/C18H24N8/c19-5-1-11-25(15-9-23,12-2-6-20)17-18-26(16-10-24,13-3-7-21)14-4-8-22/h1-4,11-18H2/q+2. The second-order valence-corrected chi connectivity index (χ2v) is 6.29. The molecule has 0 saturated heterocycles. The second-order valence-electron chi connectivity index (χ2n) is 6.29. The summed E-state index contributed by atoms with van der Waals surface area (Å²) in [4.78, 5) is 0. The highest BCUT2D eigenvalue weighted by atomic mass is 15.4. The first kappa shape index (κ1) is 22.9. The zero-order valence-corrected chi connectivity index (χ0v) is 15.1. The lowest BCUT2D eigenvalue weighted by molar-refractivity contribution is -0.974. The first-order valence-corrected chi connectivity index (χ1v) is 8.49. The Morgan fingerprint density at radius 3 is 0.846 bits per heavy atom. The molecule has 0 spiro atoms. The lowest BCUT2D eigenvalue weighted by atomic mass is 10.2. The molecule has 0 saturated carbocycles. The van der Waals surface area contributed by atoms with Crippen LogP contribution in [0.15, 0.2) is 0 Å². The van der Waals surface area contributed by atoms with E-state index in [1.807, 2.05) is 0 Å². The zero-order valence-electron chi connectivity index (χ0n) is 15.1. The van der Waals surface area contributed by atoms with Crippen molar-refractivity contribution in [3.05, 3.63) is 0 Å². The molecule has 0 unspecified atom stereocenters. The normalized spacial score (nSPS) is 10.4. The molecule has 0 amide bonds. The molecule has 134 valence electrons. The Labute approximate surface area is 155 Å². The first-order valence-electron chi connectivity index (χ1n) is 8.49. The van der Waals surface area contributed by atoms with E-state index in [2.05, 4.69) is 36.4 Å². The molecule has 26 heavy (non-hydrogen) atoms. The van der Waals surface area contributed by atoms with Crippen molar-refractivity contribution in [2.45, 2.75) is 25.7 Å². The number of rotatable bonds is 13. The van der Waals surface area contributed by atoms with Gasteiger partial charge in [0.1, 0.15) is 25.2 Å². The van der Waals surface area contributed by atoms with Gasteiger partial charge in [-0.1, -0.05) is 0 Å². The maximum Gasteiger partial charge on any atom is 0.166 e. The van der Waals surface area contributed by atoms with Crippen molar-refractivity contribution in [2.75, 3.05) is 52.4 Å². The monoisotopic (exact) mass is 352 g/mol. The van der Waals surface area contributed by atoms with Crippen LogP contribution < -0.4 is 0 Å². The molecule has 0 atom stereocenters. The van der Waals surface area contributed by atoms with Crippen LogP contribution in [0.5, 0.6) is 0 Å². The lowest BCUT2D eigenvalue weighted by Crippen LogP contribution is -2.59. The van der Waals surface area contributed by atoms with Crippen molar-refractivity contribution >= 4 is 0 Å². The fourth-order valence-electron chi connectivity index (χ4n) is 3.02. The van der Waals surface area contributed by atoms with Crippen molar-refractivity contribution in [3.8, 4) is 36.4 Å². The van der Waals surface area contributed by atoms with Crippen molar-refractivity contribution in [1.82, 2.24) is 0 Å². The minimum Gasteiger partial charge on any atom is -0.305 e. The van der Waals surface area contributed by atoms with Crippen LogP contribution in [0.25, 0.3) is 0 Å². The summed E-state index contributed by atoms with van der Waals surface area (Å²) in [5, 5.41) is 54.2. The third-order valence-electron chi connectivity index (χ3n) is 4.65. The van der Waals surface area contributed by atoms with Gasteiger partial charge in [0.2, 0.25) is 0 Å². The van der Waals surface area contributed by atoms with Gasteiger partial charge in [-0.25, -0.2) is 0 Å². The van der Waals surface area contributed by atoms with Gasteiger partial charge in [-0.15, -0.1) is 0 Å². The molecule has 0 fully saturated rings. The minimum absolute atomic E-state index is 0.187. The van der Waals surface area contributed by atoms with E-state index < -0.39 is 0 Å². The predicted molar refractivity (Wildman–Crippen MR) is 91.6 cm³/mol. The summed E-state index contributed by atoms with van der Waals surface area (Å²) in [5.41, 5.74) is 0. The molecule has 0 aromatic heterocycles. The molecule has 0 aliphatic rings. The van der Waals surface area contributed by atoms with Gasteiger partial charge in [0, 0.05) is 0 Å². The van der Waals surface area contributed by atoms with Crippen molar-refractivity contribution in [1.29, 1.82) is 31.6 Å². The van der Waals surface area contributed by atoms with Crippen LogP contribution in [0, 0.1) is 68.0 Å². The Kier molecular flexibility index (Phi) is 11.6. The van der Waals surface area contributed by atoms with Crippen molar-refractivity contribution < 1.29 is 8.97 Å². The highest BCUT2D eigenvalue weighted by Gasteiger charge is 2.34. The molecule has 0 aliphatic heterocycles. The third kappa shape index (κ3) is 8.11. The summed E-state index contributed by atoms with van der Waals surface area (Å²) < 4.78 is 0.643. The summed E-state index contributed by atoms with van der Waals surface area (Å²) in [5.74, 6) is 0. The van der Waals surface area contributed by atoms with Crippen LogP contribution in [0.4, 0.5) is 0 Å². The van der Waals surface area contributed by atoms with Gasteiger partial charge in [-0.05, 0) is 0 Å². The number of hydrogen-bond acceptors (Lipinski definition) is 6. The lowest BCUT2D eigenvalue weighted by Gasteiger charge is -2.41. The molecule has 0 radical (unpaired) electrons. The van der Waals surface area contributed by atoms with Crippen LogP contribution in [-0.2, 0) is 0 Å². The Morgan fingerprint density at radius 1 is 0.385 bits per heavy atom. The summed E-state index contributed by atoms with van der Waals surface area (Å²) in [6.07, 6.45) is 1.12. The van der Waals surface area contributed by atoms with Gasteiger partial charge in [0.15, 0.2) is 13.1 Å². The molecular formula is C18H24N8+2. The Morgan fingerprint density at radius 2 is 0.654 bits per heavy atom. The molecule has 0 aromatic rings. The van der Waals surface area contributed by atoms with E-state index in [1.165, 1.54) is 0 Å². The summed E-state index contributed by atoms with van der Waals surface area (Å²) in [6.45, 7) is 3.29. The SMILES string of the molecule is N#CCC[N+](CC#N)(CCC#N)CC[N+](CC#N)(CCC#N)CCC#N. The van der Waals surface area contributed by atoms with Gasteiger partial charge in [-0.2, -0.15) is 31.6 Å². The van der Waals surface area contributed by atoms with Crippen molar-refractivity contribution in [3.63, 3.8) is 0 Å². The second kappa shape index (κ2) is 13.2. The average molecular weight is 352 g/mol. The molecule has 0 rings (SSSR count). The molecule has 0 bridgehead atoms.